The van der Waals surface area contributed by atoms with E-state index in [2.05, 4.69) is 4.74 Å². The summed E-state index contributed by atoms with van der Waals surface area (Å²) < 4.78 is 30.3. The molecule has 1 aliphatic heterocycles. The van der Waals surface area contributed by atoms with Crippen LogP contribution >= 0.6 is 0 Å². The van der Waals surface area contributed by atoms with Crippen LogP contribution in [-0.2, 0) is 9.53 Å². The van der Waals surface area contributed by atoms with Crippen molar-refractivity contribution in [3.8, 4) is 0 Å². The van der Waals surface area contributed by atoms with Crippen LogP contribution in [0.1, 0.15) is 11.7 Å². The third kappa shape index (κ3) is 2.55. The molecule has 0 aliphatic carbocycles. The summed E-state index contributed by atoms with van der Waals surface area (Å²) in [6, 6.07) is 2.80. The summed E-state index contributed by atoms with van der Waals surface area (Å²) in [5.74, 6) is -2.73. The van der Waals surface area contributed by atoms with Crippen LogP contribution in [0.3, 0.4) is 0 Å². The van der Waals surface area contributed by atoms with E-state index < -0.39 is 29.8 Å². The molecule has 1 saturated heterocycles. The molecule has 74 valence electrons. The third-order valence-corrected chi connectivity index (χ3v) is 1.99. The molecule has 1 fully saturated rings. The molecule has 0 spiro atoms. The van der Waals surface area contributed by atoms with Gasteiger partial charge in [0.15, 0.2) is 0 Å². The van der Waals surface area contributed by atoms with Gasteiger partial charge in [-0.1, -0.05) is 0 Å². The van der Waals surface area contributed by atoms with Crippen molar-refractivity contribution in [2.75, 3.05) is 0 Å². The van der Waals surface area contributed by atoms with E-state index in [1.54, 1.807) is 0 Å². The van der Waals surface area contributed by atoms with E-state index in [1.165, 1.54) is 0 Å². The Bertz CT molecular complexity index is 397. The Hall–Kier alpha value is -0.490. The molecule has 2 unspecified atom stereocenters. The van der Waals surface area contributed by atoms with Crippen LogP contribution in [0.5, 0.6) is 0 Å². The van der Waals surface area contributed by atoms with Crippen LogP contribution in [0.4, 0.5) is 8.78 Å². The van der Waals surface area contributed by atoms with Gasteiger partial charge in [-0.15, -0.1) is 0 Å². The number of ether oxygens (including phenoxy) is 1. The van der Waals surface area contributed by atoms with E-state index in [0.717, 1.165) is 18.2 Å². The quantitative estimate of drug-likeness (QED) is 0.400. The number of aliphatic carboxylic acids is 1. The Morgan fingerprint density at radius 2 is 2.07 bits per heavy atom. The van der Waals surface area contributed by atoms with Crippen LogP contribution < -0.4 is 34.7 Å². The van der Waals surface area contributed by atoms with Gasteiger partial charge in [0.05, 0.1) is 5.97 Å². The minimum Gasteiger partial charge on any atom is -0.547 e. The van der Waals surface area contributed by atoms with Crippen molar-refractivity contribution in [2.45, 2.75) is 12.2 Å². The first-order valence-electron chi connectivity index (χ1n) is 3.91. The van der Waals surface area contributed by atoms with Crippen molar-refractivity contribution < 1.29 is 53.0 Å². The Morgan fingerprint density at radius 1 is 1.40 bits per heavy atom. The molecular formula is C9H5F2NaO3. The van der Waals surface area contributed by atoms with Crippen molar-refractivity contribution in [1.82, 2.24) is 0 Å². The fourth-order valence-electron chi connectivity index (χ4n) is 1.26. The fourth-order valence-corrected chi connectivity index (χ4v) is 1.26. The molecule has 1 aromatic rings. The van der Waals surface area contributed by atoms with Gasteiger partial charge in [-0.3, -0.25) is 0 Å². The zero-order chi connectivity index (χ0) is 10.3. The number of halogens is 2. The number of carboxylic acids is 1. The van der Waals surface area contributed by atoms with Crippen molar-refractivity contribution >= 4 is 5.97 Å². The summed E-state index contributed by atoms with van der Waals surface area (Å²) in [6.07, 6.45) is -2.08. The maximum atomic E-state index is 13.0. The van der Waals surface area contributed by atoms with Gasteiger partial charge in [-0.05, 0) is 18.2 Å². The van der Waals surface area contributed by atoms with E-state index in [0.29, 0.717) is 0 Å². The molecule has 1 aromatic carbocycles. The van der Waals surface area contributed by atoms with Crippen LogP contribution in [0.2, 0.25) is 0 Å². The number of benzene rings is 1. The van der Waals surface area contributed by atoms with Gasteiger partial charge in [0.25, 0.3) is 0 Å². The molecule has 3 nitrogen and oxygen atoms in total. The molecule has 1 aliphatic rings. The summed E-state index contributed by atoms with van der Waals surface area (Å²) in [6.45, 7) is 0. The second kappa shape index (κ2) is 4.57. The van der Waals surface area contributed by atoms with E-state index in [4.69, 9.17) is 0 Å². The molecule has 0 saturated carbocycles. The smallest absolute Gasteiger partial charge is 0.547 e. The normalized spacial score (nSPS) is 23.1. The zero-order valence-electron chi connectivity index (χ0n) is 7.87. The first-order chi connectivity index (χ1) is 6.59. The van der Waals surface area contributed by atoms with Crippen LogP contribution in [0.15, 0.2) is 18.2 Å². The second-order valence-electron chi connectivity index (χ2n) is 2.96. The van der Waals surface area contributed by atoms with Gasteiger partial charge in [-0.25, -0.2) is 8.78 Å². The predicted molar refractivity (Wildman–Crippen MR) is 39.0 cm³/mol. The number of carbonyl (C=O) groups excluding carboxylic acids is 1. The van der Waals surface area contributed by atoms with Crippen molar-refractivity contribution in [3.63, 3.8) is 0 Å². The summed E-state index contributed by atoms with van der Waals surface area (Å²) in [5.41, 5.74) is -0.0841. The van der Waals surface area contributed by atoms with Crippen molar-refractivity contribution in [3.05, 3.63) is 35.4 Å². The SMILES string of the molecule is O=C([O-])C1OC1c1cc(F)ccc1F.[Na+]. The molecule has 1 heterocycles. The van der Waals surface area contributed by atoms with Gasteiger partial charge >= 0.3 is 29.6 Å². The molecular weight excluding hydrogens is 217 g/mol. The zero-order valence-corrected chi connectivity index (χ0v) is 9.87. The molecule has 15 heavy (non-hydrogen) atoms. The van der Waals surface area contributed by atoms with Crippen molar-refractivity contribution in [2.24, 2.45) is 0 Å². The Balaban J connectivity index is 0.00000112. The van der Waals surface area contributed by atoms with E-state index in [1.807, 2.05) is 0 Å². The molecule has 0 amide bonds. The first-order valence-corrected chi connectivity index (χ1v) is 3.91. The topological polar surface area (TPSA) is 52.7 Å². The maximum absolute atomic E-state index is 13.0. The summed E-state index contributed by atoms with van der Waals surface area (Å²) in [7, 11) is 0. The predicted octanol–water partition coefficient (Wildman–Crippen LogP) is -2.84. The standard InChI is InChI=1S/C9H6F2O3.Na/c10-4-1-2-6(11)5(3-4)7-8(14-7)9(12)13;/h1-3,7-8H,(H,12,13);/q;+1/p-1. The van der Waals surface area contributed by atoms with Crippen molar-refractivity contribution in [1.29, 1.82) is 0 Å². The summed E-state index contributed by atoms with van der Waals surface area (Å²) in [4.78, 5) is 10.3. The minimum absolute atomic E-state index is 0. The largest absolute Gasteiger partial charge is 1.00 e. The average Bonchev–Trinajstić information content (AvgIpc) is 2.88. The molecule has 0 N–H and O–H groups in total. The van der Waals surface area contributed by atoms with Crippen LogP contribution in [-0.4, -0.2) is 12.1 Å². The van der Waals surface area contributed by atoms with Gasteiger partial charge in [0, 0.05) is 5.56 Å². The summed E-state index contributed by atoms with van der Waals surface area (Å²) >= 11 is 0. The Kier molecular flexibility index (Phi) is 3.83. The molecule has 0 aromatic heterocycles. The average molecular weight is 222 g/mol. The maximum Gasteiger partial charge on any atom is 1.00 e. The fraction of sp³-hybridized carbons (Fsp3) is 0.222. The van der Waals surface area contributed by atoms with Gasteiger partial charge in [0.2, 0.25) is 0 Å². The molecule has 0 bridgehead atoms. The third-order valence-electron chi connectivity index (χ3n) is 1.99. The number of epoxide rings is 1. The van der Waals surface area contributed by atoms with E-state index in [9.17, 15) is 18.7 Å². The molecule has 0 radical (unpaired) electrons. The monoisotopic (exact) mass is 222 g/mol. The van der Waals surface area contributed by atoms with Gasteiger partial charge in [-0.2, -0.15) is 0 Å². The number of hydrogen-bond donors (Lipinski definition) is 0. The number of carbonyl (C=O) groups is 1. The van der Waals surface area contributed by atoms with Gasteiger partial charge < -0.3 is 14.6 Å². The van der Waals surface area contributed by atoms with Crippen LogP contribution in [0, 0.1) is 11.6 Å². The number of carboxylic acid groups (broad SMARTS) is 1. The minimum atomic E-state index is -1.42. The van der Waals surface area contributed by atoms with E-state index in [-0.39, 0.29) is 35.1 Å². The molecule has 2 atom stereocenters. The van der Waals surface area contributed by atoms with Gasteiger partial charge in [0.1, 0.15) is 23.8 Å². The Labute approximate surface area is 106 Å². The van der Waals surface area contributed by atoms with E-state index >= 15 is 0 Å². The second-order valence-corrected chi connectivity index (χ2v) is 2.96. The summed E-state index contributed by atoms with van der Waals surface area (Å²) in [5, 5.41) is 10.3. The number of hydrogen-bond acceptors (Lipinski definition) is 3. The molecule has 2 rings (SSSR count). The van der Waals surface area contributed by atoms with Crippen LogP contribution in [0.25, 0.3) is 0 Å². The number of rotatable bonds is 2. The Morgan fingerprint density at radius 3 is 2.60 bits per heavy atom. The molecule has 6 heteroatoms. The first kappa shape index (κ1) is 12.6.